The molecule has 0 fully saturated rings. The summed E-state index contributed by atoms with van der Waals surface area (Å²) in [6, 6.07) is 3.97. The van der Waals surface area contributed by atoms with E-state index in [2.05, 4.69) is 21.3 Å². The van der Waals surface area contributed by atoms with E-state index in [0.29, 0.717) is 5.56 Å². The highest BCUT2D eigenvalue weighted by Crippen LogP contribution is 2.16. The topological polar surface area (TPSA) is 84.2 Å². The van der Waals surface area contributed by atoms with Gasteiger partial charge in [-0.25, -0.2) is 4.39 Å². The zero-order valence-electron chi connectivity index (χ0n) is 9.83. The van der Waals surface area contributed by atoms with Gasteiger partial charge in [0.15, 0.2) is 0 Å². The van der Waals surface area contributed by atoms with Crippen molar-refractivity contribution in [2.75, 3.05) is 17.8 Å². The number of hydrogen-bond acceptors (Lipinski definition) is 3. The molecule has 0 aromatic heterocycles. The summed E-state index contributed by atoms with van der Waals surface area (Å²) in [5.41, 5.74) is 5.50. The van der Waals surface area contributed by atoms with Crippen molar-refractivity contribution in [3.05, 3.63) is 29.6 Å². The molecule has 0 aliphatic rings. The predicted octanol–water partition coefficient (Wildman–Crippen LogP) is 0.402. The van der Waals surface area contributed by atoms with E-state index in [1.165, 1.54) is 12.1 Å². The van der Waals surface area contributed by atoms with Crippen molar-refractivity contribution in [1.82, 2.24) is 4.72 Å². The number of nitrogens with one attached hydrogen (secondary N) is 2. The second-order valence-corrected chi connectivity index (χ2v) is 4.80. The summed E-state index contributed by atoms with van der Waals surface area (Å²) in [6.45, 7) is 2.02. The Morgan fingerprint density at radius 3 is 2.72 bits per heavy atom. The third-order valence-electron chi connectivity index (χ3n) is 1.88. The second-order valence-electron chi connectivity index (χ2n) is 3.30. The summed E-state index contributed by atoms with van der Waals surface area (Å²) >= 11 is 0. The third-order valence-corrected chi connectivity index (χ3v) is 3.04. The molecule has 0 saturated heterocycles. The monoisotopic (exact) mass is 271 g/mol. The summed E-state index contributed by atoms with van der Waals surface area (Å²) in [6.07, 6.45) is 0. The summed E-state index contributed by atoms with van der Waals surface area (Å²) in [7, 11) is -3.73. The number of anilines is 1. The normalized spacial score (nSPS) is 10.6. The summed E-state index contributed by atoms with van der Waals surface area (Å²) in [5.74, 6) is 4.54. The maximum Gasteiger partial charge on any atom is 0.299 e. The Balaban J connectivity index is 2.93. The fourth-order valence-electron chi connectivity index (χ4n) is 1.20. The molecule has 0 aliphatic heterocycles. The van der Waals surface area contributed by atoms with Crippen molar-refractivity contribution in [2.24, 2.45) is 5.73 Å². The van der Waals surface area contributed by atoms with Gasteiger partial charge in [0, 0.05) is 12.1 Å². The molecule has 1 aromatic rings. The van der Waals surface area contributed by atoms with Crippen molar-refractivity contribution in [2.45, 2.75) is 6.92 Å². The van der Waals surface area contributed by atoms with Gasteiger partial charge in [0.25, 0.3) is 10.2 Å². The first-order valence-electron chi connectivity index (χ1n) is 5.24. The van der Waals surface area contributed by atoms with Crippen molar-refractivity contribution in [3.63, 3.8) is 0 Å². The van der Waals surface area contributed by atoms with E-state index < -0.39 is 16.0 Å². The van der Waals surface area contributed by atoms with Gasteiger partial charge in [-0.2, -0.15) is 13.1 Å². The molecule has 0 aliphatic carbocycles. The standard InChI is InChI=1S/C11H14FN3O2S/c1-2-14-18(16,17)15-11-6-5-9(4-3-7-13)8-10(11)12/h5-6,8,14-15H,2,7,13H2,1H3. The van der Waals surface area contributed by atoms with Gasteiger partial charge in [-0.15, -0.1) is 0 Å². The molecule has 4 N–H and O–H groups in total. The van der Waals surface area contributed by atoms with E-state index in [-0.39, 0.29) is 18.8 Å². The zero-order valence-corrected chi connectivity index (χ0v) is 10.6. The summed E-state index contributed by atoms with van der Waals surface area (Å²) < 4.78 is 40.6. The minimum absolute atomic E-state index is 0.130. The van der Waals surface area contributed by atoms with Crippen LogP contribution in [0.4, 0.5) is 10.1 Å². The van der Waals surface area contributed by atoms with E-state index in [9.17, 15) is 12.8 Å². The molecule has 5 nitrogen and oxygen atoms in total. The van der Waals surface area contributed by atoms with E-state index in [1.807, 2.05) is 0 Å². The fraction of sp³-hybridized carbons (Fsp3) is 0.273. The first kappa shape index (κ1) is 14.4. The third kappa shape index (κ3) is 4.33. The smallest absolute Gasteiger partial charge is 0.299 e. The lowest BCUT2D eigenvalue weighted by Crippen LogP contribution is -2.30. The minimum atomic E-state index is -3.73. The van der Waals surface area contributed by atoms with Crippen molar-refractivity contribution in [3.8, 4) is 11.8 Å². The molecule has 0 radical (unpaired) electrons. The van der Waals surface area contributed by atoms with Crippen LogP contribution in [0.15, 0.2) is 18.2 Å². The lowest BCUT2D eigenvalue weighted by Gasteiger charge is -2.08. The molecule has 0 spiro atoms. The first-order chi connectivity index (χ1) is 8.48. The van der Waals surface area contributed by atoms with Crippen LogP contribution >= 0.6 is 0 Å². The zero-order chi connectivity index (χ0) is 13.6. The number of rotatable bonds is 4. The van der Waals surface area contributed by atoms with Gasteiger partial charge in [0.2, 0.25) is 0 Å². The Hall–Kier alpha value is -1.62. The number of halogens is 1. The number of hydrogen-bond donors (Lipinski definition) is 3. The van der Waals surface area contributed by atoms with E-state index in [0.717, 1.165) is 6.07 Å². The summed E-state index contributed by atoms with van der Waals surface area (Å²) in [5, 5.41) is 0. The van der Waals surface area contributed by atoms with Crippen LogP contribution in [0.2, 0.25) is 0 Å². The van der Waals surface area contributed by atoms with Gasteiger partial charge in [-0.05, 0) is 18.2 Å². The minimum Gasteiger partial charge on any atom is -0.320 e. The highest BCUT2D eigenvalue weighted by molar-refractivity contribution is 7.90. The van der Waals surface area contributed by atoms with Crippen LogP contribution < -0.4 is 15.2 Å². The lowest BCUT2D eigenvalue weighted by atomic mass is 10.2. The molecule has 98 valence electrons. The molecule has 0 saturated carbocycles. The maximum atomic E-state index is 13.6. The van der Waals surface area contributed by atoms with Gasteiger partial charge in [-0.1, -0.05) is 18.8 Å². The molecule has 7 heteroatoms. The quantitative estimate of drug-likeness (QED) is 0.693. The molecular weight excluding hydrogens is 257 g/mol. The molecule has 0 unspecified atom stereocenters. The second kappa shape index (κ2) is 6.35. The van der Waals surface area contributed by atoms with Crippen LogP contribution in [0.25, 0.3) is 0 Å². The molecular formula is C11H14FN3O2S. The SMILES string of the molecule is CCNS(=O)(=O)Nc1ccc(C#CCN)cc1F. The van der Waals surface area contributed by atoms with Crippen molar-refractivity contribution >= 4 is 15.9 Å². The van der Waals surface area contributed by atoms with Crippen LogP contribution in [-0.4, -0.2) is 21.5 Å². The van der Waals surface area contributed by atoms with Gasteiger partial charge < -0.3 is 5.73 Å². The van der Waals surface area contributed by atoms with E-state index >= 15 is 0 Å². The molecule has 0 heterocycles. The predicted molar refractivity (Wildman–Crippen MR) is 68.6 cm³/mol. The Morgan fingerprint density at radius 1 is 1.44 bits per heavy atom. The number of benzene rings is 1. The van der Waals surface area contributed by atoms with Crippen LogP contribution in [0.3, 0.4) is 0 Å². The molecule has 0 bridgehead atoms. The first-order valence-corrected chi connectivity index (χ1v) is 6.72. The van der Waals surface area contributed by atoms with Crippen molar-refractivity contribution in [1.29, 1.82) is 0 Å². The van der Waals surface area contributed by atoms with Crippen LogP contribution in [0, 0.1) is 17.7 Å². The van der Waals surface area contributed by atoms with Crippen LogP contribution in [0.5, 0.6) is 0 Å². The van der Waals surface area contributed by atoms with E-state index in [1.54, 1.807) is 6.92 Å². The largest absolute Gasteiger partial charge is 0.320 e. The fourth-order valence-corrected chi connectivity index (χ4v) is 2.11. The van der Waals surface area contributed by atoms with Crippen molar-refractivity contribution < 1.29 is 12.8 Å². The highest BCUT2D eigenvalue weighted by Gasteiger charge is 2.11. The number of nitrogens with two attached hydrogens (primary N) is 1. The van der Waals surface area contributed by atoms with Gasteiger partial charge in [-0.3, -0.25) is 4.72 Å². The average Bonchev–Trinajstić information content (AvgIpc) is 2.29. The Labute approximate surface area is 106 Å². The van der Waals surface area contributed by atoms with Gasteiger partial charge >= 0.3 is 0 Å². The Bertz CT molecular complexity index is 576. The molecule has 1 rings (SSSR count). The van der Waals surface area contributed by atoms with Crippen LogP contribution in [-0.2, 0) is 10.2 Å². The maximum absolute atomic E-state index is 13.6. The molecule has 0 atom stereocenters. The summed E-state index contributed by atoms with van der Waals surface area (Å²) in [4.78, 5) is 0. The van der Waals surface area contributed by atoms with Gasteiger partial charge in [0.05, 0.1) is 12.2 Å². The molecule has 18 heavy (non-hydrogen) atoms. The van der Waals surface area contributed by atoms with E-state index in [4.69, 9.17) is 5.73 Å². The lowest BCUT2D eigenvalue weighted by molar-refractivity contribution is 0.587. The molecule has 1 aromatic carbocycles. The Morgan fingerprint density at radius 2 is 2.17 bits per heavy atom. The van der Waals surface area contributed by atoms with Crippen LogP contribution in [0.1, 0.15) is 12.5 Å². The molecule has 0 amide bonds. The average molecular weight is 271 g/mol. The van der Waals surface area contributed by atoms with Gasteiger partial charge in [0.1, 0.15) is 5.82 Å². The highest BCUT2D eigenvalue weighted by atomic mass is 32.2. The Kier molecular flexibility index (Phi) is 5.09.